The van der Waals surface area contributed by atoms with Crippen molar-refractivity contribution in [3.63, 3.8) is 0 Å². The lowest BCUT2D eigenvalue weighted by Crippen LogP contribution is -2.56. The Hall–Kier alpha value is -2.34. The van der Waals surface area contributed by atoms with Gasteiger partial charge in [-0.2, -0.15) is 0 Å². The van der Waals surface area contributed by atoms with Crippen molar-refractivity contribution in [2.75, 3.05) is 26.5 Å². The highest BCUT2D eigenvalue weighted by molar-refractivity contribution is 8.00. The zero-order valence-corrected chi connectivity index (χ0v) is 18.6. The van der Waals surface area contributed by atoms with Crippen LogP contribution in [0.3, 0.4) is 0 Å². The van der Waals surface area contributed by atoms with Gasteiger partial charge in [0.1, 0.15) is 24.1 Å². The first-order valence-corrected chi connectivity index (χ1v) is 10.2. The summed E-state index contributed by atoms with van der Waals surface area (Å²) in [5.74, 6) is -2.77. The highest BCUT2D eigenvalue weighted by Gasteiger charge is 2.49. The van der Waals surface area contributed by atoms with Crippen molar-refractivity contribution in [2.45, 2.75) is 57.4 Å². The molecule has 0 radical (unpaired) electrons. The second-order valence-corrected chi connectivity index (χ2v) is 8.06. The van der Waals surface area contributed by atoms with E-state index < -0.39 is 60.1 Å². The molecule has 1 saturated heterocycles. The highest BCUT2D eigenvalue weighted by atomic mass is 32.2. The molecule has 0 aliphatic carbocycles. The van der Waals surface area contributed by atoms with Gasteiger partial charge >= 0.3 is 17.9 Å². The van der Waals surface area contributed by atoms with Crippen molar-refractivity contribution in [3.05, 3.63) is 0 Å². The summed E-state index contributed by atoms with van der Waals surface area (Å²) in [5.41, 5.74) is 0. The molecule has 0 aromatic rings. The Morgan fingerprint density at radius 3 is 2.03 bits per heavy atom. The summed E-state index contributed by atoms with van der Waals surface area (Å²) in [6.45, 7) is 4.13. The minimum Gasteiger partial charge on any atom is -0.462 e. The van der Waals surface area contributed by atoms with E-state index in [9.17, 15) is 29.1 Å². The van der Waals surface area contributed by atoms with Crippen molar-refractivity contribution < 1.29 is 43.3 Å². The molecule has 30 heavy (non-hydrogen) atoms. The first kappa shape index (κ1) is 25.7. The lowest BCUT2D eigenvalue weighted by atomic mass is 10.1. The molecular formula is C18H28N2O9S. The fourth-order valence-corrected chi connectivity index (χ4v) is 4.50. The number of carbonyl (C=O) groups excluding carboxylic acids is 5. The smallest absolute Gasteiger partial charge is 0.303 e. The van der Waals surface area contributed by atoms with Gasteiger partial charge in [-0.25, -0.2) is 0 Å². The topological polar surface area (TPSA) is 140 Å². The van der Waals surface area contributed by atoms with Crippen LogP contribution in [-0.4, -0.2) is 101 Å². The van der Waals surface area contributed by atoms with E-state index in [0.717, 1.165) is 32.5 Å². The summed E-state index contributed by atoms with van der Waals surface area (Å²) in [6, 6.07) is -0.819. The standard InChI is InChI=1S/C18H28N2O9S/c1-9(21)20-13(17(26)19(5)6)8-30-18(20)15(25)16(29-12(4)24)14(28-11(3)23)7-27-10(2)22/h13-16,18,25H,7-8H2,1-6H3/t13-,14+,15-,16+,18-/m1/s1. The van der Waals surface area contributed by atoms with Crippen molar-refractivity contribution in [1.29, 1.82) is 0 Å². The van der Waals surface area contributed by atoms with Gasteiger partial charge in [0.05, 0.1) is 0 Å². The number of nitrogens with zero attached hydrogens (tertiary/aromatic N) is 2. The van der Waals surface area contributed by atoms with Crippen LogP contribution in [0, 0.1) is 0 Å². The maximum absolute atomic E-state index is 12.5. The second kappa shape index (κ2) is 11.2. The summed E-state index contributed by atoms with van der Waals surface area (Å²) >= 11 is 1.12. The number of likely N-dealkylation sites (N-methyl/N-ethyl adjacent to an activating group) is 1. The first-order chi connectivity index (χ1) is 13.9. The molecular weight excluding hydrogens is 420 g/mol. The summed E-state index contributed by atoms with van der Waals surface area (Å²) in [4.78, 5) is 61.6. The lowest BCUT2D eigenvalue weighted by molar-refractivity contribution is -0.184. The van der Waals surface area contributed by atoms with Crippen molar-refractivity contribution in [2.24, 2.45) is 0 Å². The number of aliphatic hydroxyl groups excluding tert-OH is 1. The molecule has 0 bridgehead atoms. The van der Waals surface area contributed by atoms with Gasteiger partial charge in [0.15, 0.2) is 12.2 Å². The van der Waals surface area contributed by atoms with Crippen LogP contribution in [0.15, 0.2) is 0 Å². The molecule has 1 aliphatic rings. The van der Waals surface area contributed by atoms with E-state index in [1.165, 1.54) is 16.7 Å². The molecule has 1 aliphatic heterocycles. The van der Waals surface area contributed by atoms with Crippen LogP contribution in [-0.2, 0) is 38.2 Å². The van der Waals surface area contributed by atoms with Gasteiger partial charge in [-0.15, -0.1) is 11.8 Å². The van der Waals surface area contributed by atoms with Gasteiger partial charge in [0.25, 0.3) is 0 Å². The molecule has 0 aromatic heterocycles. The Bertz CT molecular complexity index is 685. The fraction of sp³-hybridized carbons (Fsp3) is 0.722. The van der Waals surface area contributed by atoms with E-state index in [4.69, 9.17) is 14.2 Å². The van der Waals surface area contributed by atoms with E-state index in [0.29, 0.717) is 0 Å². The van der Waals surface area contributed by atoms with Crippen molar-refractivity contribution in [3.8, 4) is 0 Å². The number of rotatable bonds is 8. The second-order valence-electron chi connectivity index (χ2n) is 6.91. The zero-order chi connectivity index (χ0) is 23.2. The van der Waals surface area contributed by atoms with Crippen LogP contribution in [0.25, 0.3) is 0 Å². The summed E-state index contributed by atoms with van der Waals surface area (Å²) in [5, 5.41) is 10.1. The number of esters is 3. The minimum absolute atomic E-state index is 0.216. The maximum atomic E-state index is 12.5. The van der Waals surface area contributed by atoms with E-state index in [2.05, 4.69) is 0 Å². The van der Waals surface area contributed by atoms with E-state index in [1.54, 1.807) is 14.1 Å². The van der Waals surface area contributed by atoms with Gasteiger partial charge in [0.2, 0.25) is 11.8 Å². The molecule has 1 rings (SSSR count). The number of hydrogen-bond acceptors (Lipinski definition) is 10. The molecule has 0 spiro atoms. The molecule has 2 amide bonds. The average Bonchev–Trinajstić information content (AvgIpc) is 3.06. The van der Waals surface area contributed by atoms with Crippen LogP contribution < -0.4 is 0 Å². The number of carbonyl (C=O) groups is 5. The molecule has 1 fully saturated rings. The number of hydrogen-bond donors (Lipinski definition) is 1. The molecule has 1 heterocycles. The van der Waals surface area contributed by atoms with Crippen LogP contribution in [0.5, 0.6) is 0 Å². The normalized spacial score (nSPS) is 21.2. The largest absolute Gasteiger partial charge is 0.462 e. The molecule has 170 valence electrons. The number of aliphatic hydroxyl groups is 1. The Morgan fingerprint density at radius 2 is 1.60 bits per heavy atom. The molecule has 0 unspecified atom stereocenters. The number of ether oxygens (including phenoxy) is 3. The highest BCUT2D eigenvalue weighted by Crippen LogP contribution is 2.34. The predicted molar refractivity (Wildman–Crippen MR) is 105 cm³/mol. The fourth-order valence-electron chi connectivity index (χ4n) is 3.01. The van der Waals surface area contributed by atoms with Gasteiger partial charge in [-0.05, 0) is 0 Å². The van der Waals surface area contributed by atoms with Gasteiger partial charge in [-0.1, -0.05) is 0 Å². The zero-order valence-electron chi connectivity index (χ0n) is 17.8. The van der Waals surface area contributed by atoms with Crippen LogP contribution in [0.2, 0.25) is 0 Å². The Morgan fingerprint density at radius 1 is 1.03 bits per heavy atom. The summed E-state index contributed by atoms with van der Waals surface area (Å²) in [6.07, 6.45) is -4.30. The van der Waals surface area contributed by atoms with Crippen LogP contribution >= 0.6 is 11.8 Å². The average molecular weight is 448 g/mol. The van der Waals surface area contributed by atoms with E-state index in [1.807, 2.05) is 0 Å². The van der Waals surface area contributed by atoms with Crippen molar-refractivity contribution >= 4 is 41.5 Å². The number of thioether (sulfide) groups is 1. The lowest BCUT2D eigenvalue weighted by Gasteiger charge is -2.36. The van der Waals surface area contributed by atoms with Crippen LogP contribution in [0.1, 0.15) is 27.7 Å². The Balaban J connectivity index is 3.23. The monoisotopic (exact) mass is 448 g/mol. The third kappa shape index (κ3) is 6.87. The van der Waals surface area contributed by atoms with Gasteiger partial charge in [0, 0.05) is 47.5 Å². The van der Waals surface area contributed by atoms with E-state index in [-0.39, 0.29) is 11.7 Å². The third-order valence-corrected chi connectivity index (χ3v) is 5.55. The van der Waals surface area contributed by atoms with E-state index >= 15 is 0 Å². The Kier molecular flexibility index (Phi) is 9.56. The first-order valence-electron chi connectivity index (χ1n) is 9.14. The molecule has 0 saturated carbocycles. The van der Waals surface area contributed by atoms with Crippen molar-refractivity contribution in [1.82, 2.24) is 9.80 Å². The number of amides is 2. The predicted octanol–water partition coefficient (Wildman–Crippen LogP) is -0.848. The third-order valence-electron chi connectivity index (χ3n) is 4.19. The minimum atomic E-state index is -1.54. The molecule has 12 heteroatoms. The molecule has 5 atom stereocenters. The Labute approximate surface area is 179 Å². The quantitative estimate of drug-likeness (QED) is 0.369. The SMILES string of the molecule is CC(=O)OC[C@H](OC(C)=O)[C@H](OC(C)=O)[C@@H](O)[C@H]1SC[C@H](C(=O)N(C)C)N1C(C)=O. The summed E-state index contributed by atoms with van der Waals surface area (Å²) < 4.78 is 15.2. The summed E-state index contributed by atoms with van der Waals surface area (Å²) in [7, 11) is 3.10. The molecule has 0 aromatic carbocycles. The molecule has 11 nitrogen and oxygen atoms in total. The molecule has 1 N–H and O–H groups in total. The van der Waals surface area contributed by atoms with Gasteiger partial charge < -0.3 is 29.1 Å². The van der Waals surface area contributed by atoms with Gasteiger partial charge in [-0.3, -0.25) is 24.0 Å². The maximum Gasteiger partial charge on any atom is 0.303 e. The van der Waals surface area contributed by atoms with Crippen LogP contribution in [0.4, 0.5) is 0 Å².